The molecule has 0 saturated heterocycles. The maximum atomic E-state index is 4.73. The Balaban J connectivity index is 1.51. The molecule has 28 heavy (non-hydrogen) atoms. The van der Waals surface area contributed by atoms with Gasteiger partial charge in [0.15, 0.2) is 0 Å². The summed E-state index contributed by atoms with van der Waals surface area (Å²) in [5, 5.41) is 8.31. The van der Waals surface area contributed by atoms with Gasteiger partial charge in [-0.05, 0) is 45.0 Å². The molecular weight excluding hydrogens is 346 g/mol. The van der Waals surface area contributed by atoms with Crippen molar-refractivity contribution >= 4 is 0 Å². The van der Waals surface area contributed by atoms with Gasteiger partial charge < -0.3 is 5.32 Å². The zero-order chi connectivity index (χ0) is 19.5. The third-order valence-corrected chi connectivity index (χ3v) is 5.08. The summed E-state index contributed by atoms with van der Waals surface area (Å²) >= 11 is 0. The third kappa shape index (κ3) is 3.49. The van der Waals surface area contributed by atoms with Crippen molar-refractivity contribution in [2.45, 2.75) is 33.9 Å². The Morgan fingerprint density at radius 2 is 1.46 bits per heavy atom. The van der Waals surface area contributed by atoms with Crippen molar-refractivity contribution in [3.8, 4) is 11.4 Å². The van der Waals surface area contributed by atoms with Crippen LogP contribution in [0, 0.1) is 20.8 Å². The minimum Gasteiger partial charge on any atom is -0.307 e. The minimum absolute atomic E-state index is 0.741. The SMILES string of the molecule is Cc1nn(-c2ccccc2)c(C)c1CNCc1cnc(C)n1-c1ccccc1. The Kier molecular flexibility index (Phi) is 5.08. The summed E-state index contributed by atoms with van der Waals surface area (Å²) in [7, 11) is 0. The van der Waals surface area contributed by atoms with E-state index in [1.165, 1.54) is 11.3 Å². The first-order valence-electron chi connectivity index (χ1n) is 9.55. The van der Waals surface area contributed by atoms with Crippen LogP contribution in [0.15, 0.2) is 66.9 Å². The van der Waals surface area contributed by atoms with E-state index < -0.39 is 0 Å². The highest BCUT2D eigenvalue weighted by Gasteiger charge is 2.13. The van der Waals surface area contributed by atoms with E-state index in [1.54, 1.807) is 0 Å². The van der Waals surface area contributed by atoms with E-state index in [1.807, 2.05) is 42.1 Å². The summed E-state index contributed by atoms with van der Waals surface area (Å²) in [6.07, 6.45) is 1.95. The number of nitrogens with one attached hydrogen (secondary N) is 1. The fourth-order valence-electron chi connectivity index (χ4n) is 3.61. The van der Waals surface area contributed by atoms with Crippen molar-refractivity contribution in [1.29, 1.82) is 0 Å². The first kappa shape index (κ1) is 18.2. The van der Waals surface area contributed by atoms with Gasteiger partial charge in [-0.15, -0.1) is 0 Å². The lowest BCUT2D eigenvalue weighted by molar-refractivity contribution is 0.662. The molecule has 142 valence electrons. The predicted octanol–water partition coefficient (Wildman–Crippen LogP) is 4.27. The molecule has 0 amide bonds. The van der Waals surface area contributed by atoms with E-state index >= 15 is 0 Å². The lowest BCUT2D eigenvalue weighted by Crippen LogP contribution is -2.16. The Morgan fingerprint density at radius 1 is 0.821 bits per heavy atom. The molecule has 5 heteroatoms. The molecule has 0 aliphatic rings. The minimum atomic E-state index is 0.741. The number of aryl methyl sites for hydroxylation is 2. The summed E-state index contributed by atoms with van der Waals surface area (Å²) in [5.41, 5.74) is 6.84. The van der Waals surface area contributed by atoms with E-state index in [0.717, 1.165) is 41.7 Å². The van der Waals surface area contributed by atoms with E-state index in [0.29, 0.717) is 0 Å². The first-order valence-corrected chi connectivity index (χ1v) is 9.55. The Labute approximate surface area is 165 Å². The molecule has 2 aromatic heterocycles. The average molecular weight is 371 g/mol. The average Bonchev–Trinajstić information content (AvgIpc) is 3.23. The Hall–Kier alpha value is -3.18. The van der Waals surface area contributed by atoms with Crippen LogP contribution in [-0.2, 0) is 13.1 Å². The van der Waals surface area contributed by atoms with Gasteiger partial charge >= 0.3 is 0 Å². The van der Waals surface area contributed by atoms with E-state index in [4.69, 9.17) is 5.10 Å². The number of hydrogen-bond donors (Lipinski definition) is 1. The maximum Gasteiger partial charge on any atom is 0.110 e. The predicted molar refractivity (Wildman–Crippen MR) is 112 cm³/mol. The number of hydrogen-bond acceptors (Lipinski definition) is 3. The van der Waals surface area contributed by atoms with Crippen LogP contribution >= 0.6 is 0 Å². The van der Waals surface area contributed by atoms with Gasteiger partial charge in [-0.1, -0.05) is 36.4 Å². The zero-order valence-corrected chi connectivity index (χ0v) is 16.6. The quantitative estimate of drug-likeness (QED) is 0.550. The second-order valence-corrected chi connectivity index (χ2v) is 6.97. The smallest absolute Gasteiger partial charge is 0.110 e. The first-order chi connectivity index (χ1) is 13.6. The molecule has 2 aromatic carbocycles. The molecule has 0 atom stereocenters. The van der Waals surface area contributed by atoms with Gasteiger partial charge in [-0.3, -0.25) is 4.57 Å². The number of para-hydroxylation sites is 2. The number of nitrogens with zero attached hydrogens (tertiary/aromatic N) is 4. The highest BCUT2D eigenvalue weighted by molar-refractivity contribution is 5.37. The molecule has 0 unspecified atom stereocenters. The Bertz CT molecular complexity index is 1060. The van der Waals surface area contributed by atoms with Crippen LogP contribution in [0.5, 0.6) is 0 Å². The second-order valence-electron chi connectivity index (χ2n) is 6.97. The second kappa shape index (κ2) is 7.82. The van der Waals surface area contributed by atoms with Crippen molar-refractivity contribution in [2.24, 2.45) is 0 Å². The molecule has 0 radical (unpaired) electrons. The molecule has 0 spiro atoms. The molecular formula is C23H25N5. The molecule has 0 saturated carbocycles. The molecule has 5 nitrogen and oxygen atoms in total. The highest BCUT2D eigenvalue weighted by Crippen LogP contribution is 2.18. The van der Waals surface area contributed by atoms with Crippen LogP contribution < -0.4 is 5.32 Å². The topological polar surface area (TPSA) is 47.7 Å². The number of benzene rings is 2. The van der Waals surface area contributed by atoms with Crippen LogP contribution in [0.3, 0.4) is 0 Å². The molecule has 0 bridgehead atoms. The highest BCUT2D eigenvalue weighted by atomic mass is 15.3. The fourth-order valence-corrected chi connectivity index (χ4v) is 3.61. The van der Waals surface area contributed by atoms with Gasteiger partial charge in [0.2, 0.25) is 0 Å². The number of imidazole rings is 1. The van der Waals surface area contributed by atoms with Gasteiger partial charge in [0, 0.05) is 30.0 Å². The summed E-state index contributed by atoms with van der Waals surface area (Å²) in [6.45, 7) is 7.74. The monoisotopic (exact) mass is 371 g/mol. The summed E-state index contributed by atoms with van der Waals surface area (Å²) in [4.78, 5) is 4.50. The lowest BCUT2D eigenvalue weighted by Gasteiger charge is -2.11. The van der Waals surface area contributed by atoms with Gasteiger partial charge in [-0.25, -0.2) is 9.67 Å². The van der Waals surface area contributed by atoms with E-state index in [-0.39, 0.29) is 0 Å². The van der Waals surface area contributed by atoms with Crippen molar-refractivity contribution in [1.82, 2.24) is 24.6 Å². The van der Waals surface area contributed by atoms with Gasteiger partial charge in [0.05, 0.1) is 23.3 Å². The number of aromatic nitrogens is 4. The summed E-state index contributed by atoms with van der Waals surface area (Å²) in [6, 6.07) is 20.6. The fraction of sp³-hybridized carbons (Fsp3) is 0.217. The van der Waals surface area contributed by atoms with Gasteiger partial charge in [0.25, 0.3) is 0 Å². The molecule has 4 aromatic rings. The summed E-state index contributed by atoms with van der Waals surface area (Å²) < 4.78 is 4.21. The molecule has 0 aliphatic carbocycles. The van der Waals surface area contributed by atoms with E-state index in [9.17, 15) is 0 Å². The van der Waals surface area contributed by atoms with Crippen molar-refractivity contribution in [3.05, 3.63) is 95.3 Å². The number of rotatable bonds is 6. The molecule has 1 N–H and O–H groups in total. The summed E-state index contributed by atoms with van der Waals surface area (Å²) in [5.74, 6) is 0.993. The third-order valence-electron chi connectivity index (χ3n) is 5.08. The van der Waals surface area contributed by atoms with E-state index in [2.05, 4.69) is 65.1 Å². The van der Waals surface area contributed by atoms with Crippen molar-refractivity contribution in [3.63, 3.8) is 0 Å². The van der Waals surface area contributed by atoms with Crippen molar-refractivity contribution < 1.29 is 0 Å². The van der Waals surface area contributed by atoms with Crippen LogP contribution in [0.2, 0.25) is 0 Å². The molecule has 4 rings (SSSR count). The largest absolute Gasteiger partial charge is 0.307 e. The Morgan fingerprint density at radius 3 is 2.14 bits per heavy atom. The van der Waals surface area contributed by atoms with Gasteiger partial charge in [0.1, 0.15) is 5.82 Å². The van der Waals surface area contributed by atoms with Crippen LogP contribution in [0.25, 0.3) is 11.4 Å². The standard InChI is InChI=1S/C23H25N5/c1-17-23(18(2)28(26-17)21-12-8-5-9-13-21)16-24-14-22-15-25-19(3)27(22)20-10-6-4-7-11-20/h4-13,15,24H,14,16H2,1-3H3. The van der Waals surface area contributed by atoms with Crippen molar-refractivity contribution in [2.75, 3.05) is 0 Å². The molecule has 0 fully saturated rings. The zero-order valence-electron chi connectivity index (χ0n) is 16.6. The molecule has 2 heterocycles. The van der Waals surface area contributed by atoms with Crippen LogP contribution in [0.1, 0.15) is 28.5 Å². The van der Waals surface area contributed by atoms with Gasteiger partial charge in [-0.2, -0.15) is 5.10 Å². The molecule has 0 aliphatic heterocycles. The lowest BCUT2D eigenvalue weighted by atomic mass is 10.2. The van der Waals surface area contributed by atoms with Crippen LogP contribution in [-0.4, -0.2) is 19.3 Å². The normalized spacial score (nSPS) is 11.1. The maximum absolute atomic E-state index is 4.73. The van der Waals surface area contributed by atoms with Crippen LogP contribution in [0.4, 0.5) is 0 Å².